The van der Waals surface area contributed by atoms with Crippen molar-refractivity contribution in [3.8, 4) is 0 Å². The predicted octanol–water partition coefficient (Wildman–Crippen LogP) is 2.56. The van der Waals surface area contributed by atoms with Crippen molar-refractivity contribution in [3.05, 3.63) is 12.2 Å². The molecule has 0 bridgehead atoms. The molecule has 0 fully saturated rings. The Morgan fingerprint density at radius 1 is 1.08 bits per heavy atom. The van der Waals surface area contributed by atoms with Gasteiger partial charge in [-0.05, 0) is 27.7 Å². The predicted molar refractivity (Wildman–Crippen MR) is 57.5 cm³/mol. The van der Waals surface area contributed by atoms with Gasteiger partial charge < -0.3 is 17.1 Å². The summed E-state index contributed by atoms with van der Waals surface area (Å²) in [5, 5.41) is 3.50. The molecule has 13 heavy (non-hydrogen) atoms. The number of rotatable bonds is 3. The molecule has 0 spiro atoms. The molecule has 0 rings (SSSR count). The number of hydrogen-bond donors (Lipinski definition) is 0. The Labute approximate surface area is 103 Å². The van der Waals surface area contributed by atoms with E-state index in [9.17, 15) is 0 Å². The standard InChI is InChI=1S/C8H18N.C2H6N.Hf/c1-6-9(7(2)3)8(4)5;1-3-2;/h7-8H,1,6H2,2-5H3;1-2H3;/q2*-1;. The van der Waals surface area contributed by atoms with E-state index < -0.39 is 0 Å². The van der Waals surface area contributed by atoms with E-state index in [-0.39, 0.29) is 25.8 Å². The quantitative estimate of drug-likeness (QED) is 0.565. The molecule has 0 unspecified atom stereocenters. The second-order valence-corrected chi connectivity index (χ2v) is 3.37. The molecule has 0 N–H and O–H groups in total. The fourth-order valence-electron chi connectivity index (χ4n) is 1.11. The zero-order chi connectivity index (χ0) is 10.1. The first-order valence-electron chi connectivity index (χ1n) is 4.54. The van der Waals surface area contributed by atoms with Crippen LogP contribution in [0.1, 0.15) is 27.7 Å². The summed E-state index contributed by atoms with van der Waals surface area (Å²) in [5.74, 6) is 0. The molecule has 0 aromatic carbocycles. The number of nitrogens with zero attached hydrogens (tertiary/aromatic N) is 2. The molecule has 0 amide bonds. The molecule has 0 saturated heterocycles. The van der Waals surface area contributed by atoms with Crippen LogP contribution >= 0.6 is 0 Å². The minimum absolute atomic E-state index is 0. The van der Waals surface area contributed by atoms with E-state index in [2.05, 4.69) is 44.8 Å². The van der Waals surface area contributed by atoms with Gasteiger partial charge in [-0.1, -0.05) is 0 Å². The maximum atomic E-state index is 3.85. The van der Waals surface area contributed by atoms with Crippen LogP contribution in [0.4, 0.5) is 0 Å². The molecule has 0 atom stereocenters. The maximum absolute atomic E-state index is 3.85. The van der Waals surface area contributed by atoms with Crippen molar-refractivity contribution in [2.45, 2.75) is 39.8 Å². The van der Waals surface area contributed by atoms with Gasteiger partial charge in [-0.2, -0.15) is 14.1 Å². The first-order chi connectivity index (χ1) is 5.51. The van der Waals surface area contributed by atoms with Crippen LogP contribution in [0.25, 0.3) is 5.32 Å². The van der Waals surface area contributed by atoms with Crippen LogP contribution in [0, 0.1) is 6.92 Å². The van der Waals surface area contributed by atoms with Crippen molar-refractivity contribution in [2.75, 3.05) is 20.6 Å². The van der Waals surface area contributed by atoms with Gasteiger partial charge in [0.15, 0.2) is 0 Å². The third kappa shape index (κ3) is 12.8. The van der Waals surface area contributed by atoms with Crippen LogP contribution in [-0.2, 0) is 25.8 Å². The van der Waals surface area contributed by atoms with Gasteiger partial charge in [-0.15, -0.1) is 6.54 Å². The molecular weight excluding hydrogens is 327 g/mol. The van der Waals surface area contributed by atoms with E-state index in [0.29, 0.717) is 12.1 Å². The van der Waals surface area contributed by atoms with E-state index in [4.69, 9.17) is 0 Å². The molecule has 0 saturated carbocycles. The smallest absolute Gasteiger partial charge is 0.00127 e. The monoisotopic (exact) mass is 352 g/mol. The summed E-state index contributed by atoms with van der Waals surface area (Å²) in [6, 6.07) is 1.25. The van der Waals surface area contributed by atoms with Crippen molar-refractivity contribution < 1.29 is 25.8 Å². The third-order valence-electron chi connectivity index (χ3n) is 1.58. The molecule has 0 aromatic rings. The Morgan fingerprint density at radius 2 is 1.31 bits per heavy atom. The average Bonchev–Trinajstić information content (AvgIpc) is 1.88. The van der Waals surface area contributed by atoms with Crippen LogP contribution in [-0.4, -0.2) is 37.6 Å². The normalized spacial score (nSPS) is 9.69. The van der Waals surface area contributed by atoms with Gasteiger partial charge in [0.25, 0.3) is 0 Å². The van der Waals surface area contributed by atoms with Crippen molar-refractivity contribution >= 4 is 0 Å². The van der Waals surface area contributed by atoms with Gasteiger partial charge in [-0.25, -0.2) is 0 Å². The van der Waals surface area contributed by atoms with Crippen molar-refractivity contribution in [2.24, 2.45) is 0 Å². The van der Waals surface area contributed by atoms with Crippen molar-refractivity contribution in [1.29, 1.82) is 0 Å². The summed E-state index contributed by atoms with van der Waals surface area (Å²) in [7, 11) is 3.50. The maximum Gasteiger partial charge on any atom is 0.00127 e. The van der Waals surface area contributed by atoms with E-state index in [1.807, 2.05) is 0 Å². The summed E-state index contributed by atoms with van der Waals surface area (Å²) < 4.78 is 0. The van der Waals surface area contributed by atoms with Gasteiger partial charge in [-0.3, -0.25) is 0 Å². The van der Waals surface area contributed by atoms with Gasteiger partial charge in [0.1, 0.15) is 0 Å². The second kappa shape index (κ2) is 12.8. The SMILES string of the molecule is C[N-]C.[CH2-]CN(C(C)C)C(C)C.[Hf]. The van der Waals surface area contributed by atoms with Crippen molar-refractivity contribution in [3.63, 3.8) is 0 Å². The first-order valence-corrected chi connectivity index (χ1v) is 4.54. The van der Waals surface area contributed by atoms with Crippen LogP contribution in [0.3, 0.4) is 0 Å². The molecule has 0 aromatic heterocycles. The Hall–Kier alpha value is 0.790. The molecule has 0 heterocycles. The fourth-order valence-corrected chi connectivity index (χ4v) is 1.11. The Bertz CT molecular complexity index is 77.0. The van der Waals surface area contributed by atoms with E-state index in [1.54, 1.807) is 14.1 Å². The number of hydrogen-bond acceptors (Lipinski definition) is 1. The largest absolute Gasteiger partial charge is 0.668 e. The molecule has 0 aliphatic heterocycles. The summed E-state index contributed by atoms with van der Waals surface area (Å²) in [6.07, 6.45) is 0. The zero-order valence-electron chi connectivity index (χ0n) is 9.96. The van der Waals surface area contributed by atoms with Gasteiger partial charge >= 0.3 is 0 Å². The van der Waals surface area contributed by atoms with Crippen LogP contribution in [0.5, 0.6) is 0 Å². The Kier molecular flexibility index (Phi) is 19.1. The molecule has 3 heteroatoms. The summed E-state index contributed by atoms with van der Waals surface area (Å²) >= 11 is 0. The first kappa shape index (κ1) is 19.4. The van der Waals surface area contributed by atoms with Gasteiger partial charge in [0.2, 0.25) is 0 Å². The van der Waals surface area contributed by atoms with Crippen LogP contribution in [0.2, 0.25) is 0 Å². The molecular formula is C10H24HfN2-2. The molecule has 0 radical (unpaired) electrons. The van der Waals surface area contributed by atoms with Gasteiger partial charge in [0, 0.05) is 37.9 Å². The molecule has 80 valence electrons. The van der Waals surface area contributed by atoms with Crippen LogP contribution in [0.15, 0.2) is 0 Å². The van der Waals surface area contributed by atoms with E-state index >= 15 is 0 Å². The minimum atomic E-state index is 0. The van der Waals surface area contributed by atoms with E-state index in [0.717, 1.165) is 6.54 Å². The fraction of sp³-hybridized carbons (Fsp3) is 0.900. The van der Waals surface area contributed by atoms with Crippen molar-refractivity contribution in [1.82, 2.24) is 4.90 Å². The molecule has 2 nitrogen and oxygen atoms in total. The zero-order valence-corrected chi connectivity index (χ0v) is 13.6. The minimum Gasteiger partial charge on any atom is -0.668 e. The topological polar surface area (TPSA) is 17.3 Å². The van der Waals surface area contributed by atoms with E-state index in [1.165, 1.54) is 0 Å². The summed E-state index contributed by atoms with van der Waals surface area (Å²) in [4.78, 5) is 2.35. The van der Waals surface area contributed by atoms with Crippen LogP contribution < -0.4 is 0 Å². The molecule has 0 aliphatic carbocycles. The van der Waals surface area contributed by atoms with Gasteiger partial charge in [0.05, 0.1) is 0 Å². The Morgan fingerprint density at radius 3 is 1.31 bits per heavy atom. The average molecular weight is 351 g/mol. The summed E-state index contributed by atoms with van der Waals surface area (Å²) in [6.45, 7) is 13.6. The second-order valence-electron chi connectivity index (χ2n) is 3.37. The third-order valence-corrected chi connectivity index (χ3v) is 1.58. The Balaban J connectivity index is -0.000000220. The summed E-state index contributed by atoms with van der Waals surface area (Å²) in [5.41, 5.74) is 0. The molecule has 0 aliphatic rings.